The average Bonchev–Trinajstić information content (AvgIpc) is 3.61. The Morgan fingerprint density at radius 1 is 0.960 bits per heavy atom. The van der Waals surface area contributed by atoms with Crippen molar-refractivity contribution >= 4 is 46.9 Å². The number of nitrogens with one attached hydrogen (secondary N) is 2. The molecule has 0 radical (unpaired) electrons. The first-order valence-corrected chi connectivity index (χ1v) is 26.6. The molecule has 6 unspecified atom stereocenters. The van der Waals surface area contributed by atoms with E-state index in [1.165, 1.54) is 48.2 Å². The number of anilines is 1. The molecule has 3 aromatic rings. The summed E-state index contributed by atoms with van der Waals surface area (Å²) < 4.78 is 33.1. The molecule has 11 atom stereocenters. The van der Waals surface area contributed by atoms with E-state index in [9.17, 15) is 40.2 Å². The molecule has 3 aromatic carbocycles. The van der Waals surface area contributed by atoms with E-state index in [0.29, 0.717) is 53.0 Å². The highest BCUT2D eigenvalue weighted by molar-refractivity contribution is 8.00. The van der Waals surface area contributed by atoms with Gasteiger partial charge in [-0.05, 0) is 121 Å². The van der Waals surface area contributed by atoms with Crippen molar-refractivity contribution in [1.29, 1.82) is 0 Å². The molecular weight excluding hydrogens is 981 g/mol. The molecule has 1 saturated heterocycles. The number of benzene rings is 3. The van der Waals surface area contributed by atoms with E-state index in [-0.39, 0.29) is 54.7 Å². The Balaban J connectivity index is 1.26. The lowest BCUT2D eigenvalue weighted by atomic mass is 9.47. The van der Waals surface area contributed by atoms with Crippen LogP contribution in [0, 0.1) is 17.8 Å². The number of amides is 1. The number of para-hydroxylation sites is 1. The maximum absolute atomic E-state index is 15.4. The molecule has 0 aromatic heterocycles. The van der Waals surface area contributed by atoms with Gasteiger partial charge in [-0.2, -0.15) is 0 Å². The third kappa shape index (κ3) is 9.75. The highest BCUT2D eigenvalue weighted by atomic mass is 32.2. The fourth-order valence-corrected chi connectivity index (χ4v) is 12.9. The molecule has 1 spiro atoms. The quantitative estimate of drug-likeness (QED) is 0.0326. The summed E-state index contributed by atoms with van der Waals surface area (Å²) in [4.78, 5) is 44.1. The Bertz CT molecular complexity index is 2880. The van der Waals surface area contributed by atoms with E-state index in [1.54, 1.807) is 0 Å². The molecule has 10 rings (SSSR count). The van der Waals surface area contributed by atoms with Crippen LogP contribution in [0.25, 0.3) is 11.8 Å². The summed E-state index contributed by atoms with van der Waals surface area (Å²) in [5, 5.41) is 69.9. The van der Waals surface area contributed by atoms with Crippen molar-refractivity contribution < 1.29 is 68.7 Å². The minimum absolute atomic E-state index is 0.0251. The molecule has 4 heterocycles. The number of allylic oxidation sites excluding steroid dienone is 4. The van der Waals surface area contributed by atoms with Crippen LogP contribution in [-0.2, 0) is 20.7 Å². The third-order valence-corrected chi connectivity index (χ3v) is 16.7. The Morgan fingerprint density at radius 2 is 1.69 bits per heavy atom. The van der Waals surface area contributed by atoms with Gasteiger partial charge in [0.25, 0.3) is 0 Å². The van der Waals surface area contributed by atoms with Gasteiger partial charge in [-0.25, -0.2) is 4.79 Å². The SMILES string of the molecule is CC(C)=CCCC1(C)C=Cc2c(c(CC=C(C)C)c3c(c2OC(=O)c2ccc(O[C@H]4O[C@@H](CO)[C@H](O)[C@@H](O)[C@@H]4O)cc2)C2=C4C(Sc5ccccc5N2)C2CC(C(C)C)C4(O3)C(O)(C/C=C\C(=O)NCCO)C2=O)O1. The molecule has 17 heteroatoms. The number of carbonyl (C=O) groups is 3. The average molecular weight is 1050 g/mol. The minimum atomic E-state index is -2.22. The number of fused-ring (bicyclic) bond motifs is 6. The standard InChI is InChI=1S/C58H68N2O14S/c1-30(2)12-10-23-56(7)25-22-36-49(73-56)35(21-16-31(3)4)51-43(50(36)72-54(68)33-17-19-34(20-18-33)70-55-48(66)47(65)46(64)40(29-62)71-55)45-44-52(75-41-14-9-8-13-39(41)60-45)37-28-38(32(5)6)58(44,74-51)57(69,53(37)67)24-11-15-42(63)59-26-27-61/h8-9,11-20,22,25,32,37-38,40,46-48,52,55,60-62,64-66,69H,10,21,23-24,26-29H2,1-7H3,(H,59,63)/b15-11-/t37?,38?,40-,46-,47+,48-,52?,55-,56?,57?,58?/m0/s1. The van der Waals surface area contributed by atoms with Crippen LogP contribution < -0.4 is 29.6 Å². The predicted octanol–water partition coefficient (Wildman–Crippen LogP) is 6.59. The number of thioether (sulfide) groups is 1. The summed E-state index contributed by atoms with van der Waals surface area (Å²) >= 11 is 1.52. The Kier molecular flexibility index (Phi) is 15.4. The Labute approximate surface area is 441 Å². The number of carbonyl (C=O) groups excluding carboxylic acids is 3. The van der Waals surface area contributed by atoms with Gasteiger partial charge in [0.2, 0.25) is 12.2 Å². The van der Waals surface area contributed by atoms with Gasteiger partial charge in [0, 0.05) is 46.1 Å². The fourth-order valence-electron chi connectivity index (χ4n) is 11.5. The normalized spacial score (nSPS) is 29.9. The first-order valence-electron chi connectivity index (χ1n) is 25.7. The summed E-state index contributed by atoms with van der Waals surface area (Å²) in [5.41, 5.74) is 0.841. The zero-order valence-electron chi connectivity index (χ0n) is 43.3. The summed E-state index contributed by atoms with van der Waals surface area (Å²) in [5.74, 6) is -2.03. The van der Waals surface area contributed by atoms with Crippen molar-refractivity contribution in [3.8, 4) is 23.0 Å². The van der Waals surface area contributed by atoms with E-state index in [2.05, 4.69) is 36.6 Å². The second kappa shape index (κ2) is 21.3. The molecule has 75 heavy (non-hydrogen) atoms. The Morgan fingerprint density at radius 3 is 2.39 bits per heavy atom. The number of ketones is 1. The monoisotopic (exact) mass is 1050 g/mol. The smallest absolute Gasteiger partial charge is 0.343 e. The highest BCUT2D eigenvalue weighted by Gasteiger charge is 2.76. The van der Waals surface area contributed by atoms with Crippen LogP contribution in [0.4, 0.5) is 5.69 Å². The maximum atomic E-state index is 15.4. The van der Waals surface area contributed by atoms with Crippen molar-refractivity contribution in [3.63, 3.8) is 0 Å². The van der Waals surface area contributed by atoms with Crippen LogP contribution in [0.3, 0.4) is 0 Å². The lowest BCUT2D eigenvalue weighted by Crippen LogP contribution is -2.78. The molecule has 8 N–H and O–H groups in total. The number of aliphatic hydroxyl groups is 6. The number of hydrogen-bond acceptors (Lipinski definition) is 16. The van der Waals surface area contributed by atoms with E-state index < -0.39 is 88.9 Å². The molecule has 2 bridgehead atoms. The van der Waals surface area contributed by atoms with Crippen LogP contribution in [-0.4, -0.2) is 121 Å². The zero-order chi connectivity index (χ0) is 53.7. The lowest BCUT2D eigenvalue weighted by molar-refractivity contribution is -0.277. The van der Waals surface area contributed by atoms with Gasteiger partial charge in [-0.1, -0.05) is 55.4 Å². The van der Waals surface area contributed by atoms with E-state index in [4.69, 9.17) is 23.7 Å². The van der Waals surface area contributed by atoms with Gasteiger partial charge < -0.3 is 65.0 Å². The zero-order valence-corrected chi connectivity index (χ0v) is 44.1. The summed E-state index contributed by atoms with van der Waals surface area (Å²) in [6, 6.07) is 13.6. The number of rotatable bonds is 16. The van der Waals surface area contributed by atoms with Crippen molar-refractivity contribution in [2.75, 3.05) is 25.1 Å². The van der Waals surface area contributed by atoms with Gasteiger partial charge in [0.05, 0.1) is 41.3 Å². The molecule has 4 aliphatic heterocycles. The molecule has 3 aliphatic carbocycles. The minimum Gasteiger partial charge on any atom is -0.482 e. The lowest BCUT2D eigenvalue weighted by Gasteiger charge is -2.64. The predicted molar refractivity (Wildman–Crippen MR) is 282 cm³/mol. The number of aliphatic hydroxyl groups excluding tert-OH is 5. The van der Waals surface area contributed by atoms with Crippen LogP contribution in [0.5, 0.6) is 23.0 Å². The van der Waals surface area contributed by atoms with Crippen molar-refractivity contribution in [2.45, 2.75) is 138 Å². The van der Waals surface area contributed by atoms with Crippen molar-refractivity contribution in [2.24, 2.45) is 17.8 Å². The fraction of sp³-hybridized carbons (Fsp3) is 0.466. The molecule has 400 valence electrons. The topological polar surface area (TPSA) is 243 Å². The first-order chi connectivity index (χ1) is 35.7. The largest absolute Gasteiger partial charge is 0.482 e. The molecule has 1 amide bonds. The number of esters is 1. The number of Topliss-reactive ketones (excluding diaryl/α,β-unsaturated/α-hetero) is 1. The van der Waals surface area contributed by atoms with Gasteiger partial charge in [-0.3, -0.25) is 9.59 Å². The second-order valence-electron chi connectivity index (χ2n) is 21.4. The molecular formula is C58H68N2O14S. The van der Waals surface area contributed by atoms with Crippen LogP contribution in [0.1, 0.15) is 101 Å². The molecule has 4 fully saturated rings. The van der Waals surface area contributed by atoms with E-state index in [0.717, 1.165) is 21.7 Å². The first kappa shape index (κ1) is 54.0. The molecule has 7 aliphatic rings. The second-order valence-corrected chi connectivity index (χ2v) is 22.5. The molecule has 3 saturated carbocycles. The van der Waals surface area contributed by atoms with Gasteiger partial charge in [-0.15, -0.1) is 11.8 Å². The molecule has 16 nitrogen and oxygen atoms in total. The van der Waals surface area contributed by atoms with Crippen LogP contribution in [0.2, 0.25) is 0 Å². The van der Waals surface area contributed by atoms with E-state index >= 15 is 4.79 Å². The summed E-state index contributed by atoms with van der Waals surface area (Å²) in [7, 11) is 0. The van der Waals surface area contributed by atoms with E-state index in [1.807, 2.05) is 71.0 Å². The van der Waals surface area contributed by atoms with Crippen molar-refractivity contribution in [3.05, 3.63) is 118 Å². The number of ether oxygens (including phenoxy) is 5. The maximum Gasteiger partial charge on any atom is 0.343 e. The van der Waals surface area contributed by atoms with Crippen LogP contribution in [0.15, 0.2) is 101 Å². The third-order valence-electron chi connectivity index (χ3n) is 15.2. The summed E-state index contributed by atoms with van der Waals surface area (Å²) in [6.07, 6.45) is 5.06. The Hall–Kier alpha value is -5.76. The van der Waals surface area contributed by atoms with Gasteiger partial charge >= 0.3 is 5.97 Å². The van der Waals surface area contributed by atoms with Gasteiger partial charge in [0.1, 0.15) is 47.3 Å². The van der Waals surface area contributed by atoms with Crippen LogP contribution >= 0.6 is 11.8 Å². The van der Waals surface area contributed by atoms with Crippen molar-refractivity contribution in [1.82, 2.24) is 5.32 Å². The highest BCUT2D eigenvalue weighted by Crippen LogP contribution is 2.69. The number of hydrogen-bond donors (Lipinski definition) is 8. The summed E-state index contributed by atoms with van der Waals surface area (Å²) in [6.45, 7) is 13.3. The van der Waals surface area contributed by atoms with Gasteiger partial charge in [0.15, 0.2) is 22.7 Å².